The first-order valence-corrected chi connectivity index (χ1v) is 9.81. The van der Waals surface area contributed by atoms with Gasteiger partial charge < -0.3 is 5.73 Å². The average molecular weight is 314 g/mol. The lowest BCUT2D eigenvalue weighted by Crippen LogP contribution is -2.38. The standard InChI is InChI=1S/C22H35N/c1-2-3-4-5-6-7-8-9-10-13-18-22(23)19-14-16-20-15-11-12-17-21(20)22/h11-12,14-17H,2-10,13,18-19,23H2,1H3. The molecule has 0 heterocycles. The maximum absolute atomic E-state index is 6.73. The van der Waals surface area contributed by atoms with Gasteiger partial charge in [0.1, 0.15) is 0 Å². The third-order valence-corrected chi connectivity index (χ3v) is 5.25. The van der Waals surface area contributed by atoms with Crippen molar-refractivity contribution in [2.45, 2.75) is 89.5 Å². The minimum absolute atomic E-state index is 0.133. The predicted molar refractivity (Wildman–Crippen MR) is 102 cm³/mol. The quantitative estimate of drug-likeness (QED) is 0.459. The number of benzene rings is 1. The van der Waals surface area contributed by atoms with E-state index in [0.29, 0.717) is 0 Å². The zero-order chi connectivity index (χ0) is 16.4. The molecule has 0 saturated heterocycles. The van der Waals surface area contributed by atoms with Crippen LogP contribution in [0.15, 0.2) is 30.3 Å². The summed E-state index contributed by atoms with van der Waals surface area (Å²) in [5.41, 5.74) is 9.25. The second-order valence-corrected chi connectivity index (χ2v) is 7.28. The molecule has 0 aliphatic heterocycles. The molecule has 0 aromatic heterocycles. The first-order chi connectivity index (χ1) is 11.3. The molecule has 128 valence electrons. The SMILES string of the molecule is CCCCCCCCCCCCC1(N)CC=Cc2ccccc21. The first kappa shape index (κ1) is 18.3. The molecule has 1 aromatic rings. The zero-order valence-corrected chi connectivity index (χ0v) is 15.0. The Morgan fingerprint density at radius 3 is 2.17 bits per heavy atom. The Morgan fingerprint density at radius 1 is 0.870 bits per heavy atom. The van der Waals surface area contributed by atoms with E-state index < -0.39 is 0 Å². The third kappa shape index (κ3) is 5.80. The molecule has 0 fully saturated rings. The van der Waals surface area contributed by atoms with Crippen LogP contribution >= 0.6 is 0 Å². The van der Waals surface area contributed by atoms with Crippen molar-refractivity contribution in [1.29, 1.82) is 0 Å². The number of fused-ring (bicyclic) bond motifs is 1. The highest BCUT2D eigenvalue weighted by Gasteiger charge is 2.29. The molecule has 0 amide bonds. The van der Waals surface area contributed by atoms with E-state index in [1.807, 2.05) is 0 Å². The van der Waals surface area contributed by atoms with Gasteiger partial charge in [0.05, 0.1) is 0 Å². The van der Waals surface area contributed by atoms with Crippen molar-refractivity contribution in [3.63, 3.8) is 0 Å². The second kappa shape index (κ2) is 9.93. The molecule has 1 atom stereocenters. The van der Waals surface area contributed by atoms with Gasteiger partial charge in [-0.1, -0.05) is 108 Å². The first-order valence-electron chi connectivity index (χ1n) is 9.81. The lowest BCUT2D eigenvalue weighted by molar-refractivity contribution is 0.385. The monoisotopic (exact) mass is 313 g/mol. The fourth-order valence-corrected chi connectivity index (χ4v) is 3.77. The largest absolute Gasteiger partial charge is 0.321 e. The summed E-state index contributed by atoms with van der Waals surface area (Å²) >= 11 is 0. The van der Waals surface area contributed by atoms with Crippen LogP contribution in [0.4, 0.5) is 0 Å². The summed E-state index contributed by atoms with van der Waals surface area (Å²) in [6.07, 6.45) is 20.4. The van der Waals surface area contributed by atoms with Crippen LogP contribution in [-0.2, 0) is 5.54 Å². The predicted octanol–water partition coefficient (Wildman–Crippen LogP) is 6.57. The van der Waals surface area contributed by atoms with Crippen molar-refractivity contribution < 1.29 is 0 Å². The van der Waals surface area contributed by atoms with Gasteiger partial charge in [-0.05, 0) is 24.0 Å². The van der Waals surface area contributed by atoms with E-state index in [2.05, 4.69) is 43.3 Å². The average Bonchev–Trinajstić information content (AvgIpc) is 2.57. The Balaban J connectivity index is 1.60. The van der Waals surface area contributed by atoms with Gasteiger partial charge in [-0.15, -0.1) is 0 Å². The smallest absolute Gasteiger partial charge is 0.0450 e. The van der Waals surface area contributed by atoms with Crippen LogP contribution in [0, 0.1) is 0 Å². The molecule has 1 aromatic carbocycles. The number of unbranched alkanes of at least 4 members (excludes halogenated alkanes) is 9. The van der Waals surface area contributed by atoms with Gasteiger partial charge in [-0.25, -0.2) is 0 Å². The highest BCUT2D eigenvalue weighted by atomic mass is 14.7. The number of rotatable bonds is 11. The van der Waals surface area contributed by atoms with Crippen molar-refractivity contribution in [3.05, 3.63) is 41.5 Å². The summed E-state index contributed by atoms with van der Waals surface area (Å²) in [6, 6.07) is 8.63. The van der Waals surface area contributed by atoms with E-state index in [4.69, 9.17) is 5.73 Å². The van der Waals surface area contributed by atoms with Crippen LogP contribution in [-0.4, -0.2) is 0 Å². The van der Waals surface area contributed by atoms with Crippen LogP contribution < -0.4 is 5.73 Å². The number of nitrogens with two attached hydrogens (primary N) is 1. The molecule has 1 heteroatoms. The molecule has 0 spiro atoms. The molecular weight excluding hydrogens is 278 g/mol. The van der Waals surface area contributed by atoms with Crippen molar-refractivity contribution >= 4 is 6.08 Å². The molecule has 1 nitrogen and oxygen atoms in total. The Bertz CT molecular complexity index is 477. The normalized spacial score (nSPS) is 19.7. The molecule has 0 saturated carbocycles. The highest BCUT2D eigenvalue weighted by Crippen LogP contribution is 2.35. The van der Waals surface area contributed by atoms with Gasteiger partial charge in [0, 0.05) is 5.54 Å². The fraction of sp³-hybridized carbons (Fsp3) is 0.636. The molecule has 2 N–H and O–H groups in total. The van der Waals surface area contributed by atoms with Gasteiger partial charge in [0.15, 0.2) is 0 Å². The Kier molecular flexibility index (Phi) is 7.88. The highest BCUT2D eigenvalue weighted by molar-refractivity contribution is 5.58. The van der Waals surface area contributed by atoms with Crippen LogP contribution in [0.1, 0.15) is 95.1 Å². The zero-order valence-electron chi connectivity index (χ0n) is 15.0. The lowest BCUT2D eigenvalue weighted by atomic mass is 9.77. The summed E-state index contributed by atoms with van der Waals surface area (Å²) < 4.78 is 0. The molecule has 1 aliphatic rings. The van der Waals surface area contributed by atoms with E-state index in [9.17, 15) is 0 Å². The van der Waals surface area contributed by atoms with E-state index in [0.717, 1.165) is 12.8 Å². The molecule has 1 aliphatic carbocycles. The molecule has 2 rings (SSSR count). The summed E-state index contributed by atoms with van der Waals surface area (Å²) in [5, 5.41) is 0. The molecular formula is C22H35N. The van der Waals surface area contributed by atoms with E-state index in [1.54, 1.807) is 0 Å². The van der Waals surface area contributed by atoms with Crippen LogP contribution in [0.3, 0.4) is 0 Å². The third-order valence-electron chi connectivity index (χ3n) is 5.25. The van der Waals surface area contributed by atoms with E-state index >= 15 is 0 Å². The van der Waals surface area contributed by atoms with Crippen molar-refractivity contribution in [1.82, 2.24) is 0 Å². The minimum atomic E-state index is -0.133. The topological polar surface area (TPSA) is 26.0 Å². The van der Waals surface area contributed by atoms with Crippen molar-refractivity contribution in [3.8, 4) is 0 Å². The summed E-state index contributed by atoms with van der Waals surface area (Å²) in [4.78, 5) is 0. The van der Waals surface area contributed by atoms with E-state index in [-0.39, 0.29) is 5.54 Å². The summed E-state index contributed by atoms with van der Waals surface area (Å²) in [7, 11) is 0. The van der Waals surface area contributed by atoms with Gasteiger partial charge >= 0.3 is 0 Å². The van der Waals surface area contributed by atoms with Gasteiger partial charge in [0.2, 0.25) is 0 Å². The van der Waals surface area contributed by atoms with Gasteiger partial charge in [-0.2, -0.15) is 0 Å². The van der Waals surface area contributed by atoms with Crippen molar-refractivity contribution in [2.75, 3.05) is 0 Å². The maximum atomic E-state index is 6.73. The minimum Gasteiger partial charge on any atom is -0.321 e. The molecule has 1 unspecified atom stereocenters. The van der Waals surface area contributed by atoms with Crippen LogP contribution in [0.5, 0.6) is 0 Å². The van der Waals surface area contributed by atoms with Gasteiger partial charge in [0.25, 0.3) is 0 Å². The number of hydrogen-bond acceptors (Lipinski definition) is 1. The van der Waals surface area contributed by atoms with Crippen LogP contribution in [0.25, 0.3) is 6.08 Å². The maximum Gasteiger partial charge on any atom is 0.0450 e. The molecule has 0 bridgehead atoms. The Labute approximate surface area is 143 Å². The van der Waals surface area contributed by atoms with E-state index in [1.165, 1.54) is 75.3 Å². The number of hydrogen-bond donors (Lipinski definition) is 1. The molecule has 23 heavy (non-hydrogen) atoms. The Morgan fingerprint density at radius 2 is 1.48 bits per heavy atom. The van der Waals surface area contributed by atoms with Crippen LogP contribution in [0.2, 0.25) is 0 Å². The lowest BCUT2D eigenvalue weighted by Gasteiger charge is -2.33. The second-order valence-electron chi connectivity index (χ2n) is 7.28. The molecule has 0 radical (unpaired) electrons. The van der Waals surface area contributed by atoms with Gasteiger partial charge in [-0.3, -0.25) is 0 Å². The Hall–Kier alpha value is -1.08. The summed E-state index contributed by atoms with van der Waals surface area (Å²) in [6.45, 7) is 2.28. The summed E-state index contributed by atoms with van der Waals surface area (Å²) in [5.74, 6) is 0. The fourth-order valence-electron chi connectivity index (χ4n) is 3.77. The van der Waals surface area contributed by atoms with Crippen molar-refractivity contribution in [2.24, 2.45) is 5.73 Å².